The first-order chi connectivity index (χ1) is 12.0. The monoisotopic (exact) mass is 390 g/mol. The summed E-state index contributed by atoms with van der Waals surface area (Å²) in [7, 11) is 1.61. The van der Waals surface area contributed by atoms with Crippen molar-refractivity contribution in [2.75, 3.05) is 12.4 Å². The van der Waals surface area contributed by atoms with Crippen molar-refractivity contribution in [1.29, 1.82) is 0 Å². The lowest BCUT2D eigenvalue weighted by atomic mass is 10.0. The minimum absolute atomic E-state index is 0.260. The Hall–Kier alpha value is -2.10. The number of likely N-dealkylation sites (N-methyl/N-ethyl adjacent to an activating group) is 1. The number of thiocarbonyl (C=S) groups is 1. The van der Waals surface area contributed by atoms with Crippen molar-refractivity contribution in [3.05, 3.63) is 51.4 Å². The van der Waals surface area contributed by atoms with Crippen LogP contribution < -0.4 is 5.32 Å². The quantitative estimate of drug-likeness (QED) is 0.639. The summed E-state index contributed by atoms with van der Waals surface area (Å²) in [5.41, 5.74) is 1.31. The van der Waals surface area contributed by atoms with Crippen LogP contribution in [0.2, 0.25) is 0 Å². The number of carbonyl (C=O) groups excluding carboxylic acids is 2. The van der Waals surface area contributed by atoms with Gasteiger partial charge in [0.1, 0.15) is 9.33 Å². The highest BCUT2D eigenvalue weighted by molar-refractivity contribution is 8.26. The predicted octanol–water partition coefficient (Wildman–Crippen LogP) is 2.77. The lowest BCUT2D eigenvalue weighted by Crippen LogP contribution is -2.25. The minimum atomic E-state index is -0.367. The van der Waals surface area contributed by atoms with Crippen LogP contribution in [0.15, 0.2) is 40.8 Å². The van der Waals surface area contributed by atoms with Gasteiger partial charge in [0.25, 0.3) is 11.8 Å². The van der Waals surface area contributed by atoms with E-state index in [2.05, 4.69) is 15.5 Å². The molecule has 0 bridgehead atoms. The number of carbonyl (C=O) groups is 2. The van der Waals surface area contributed by atoms with Crippen molar-refractivity contribution in [3.8, 4) is 0 Å². The number of nitrogens with one attached hydrogen (secondary N) is 1. The Balaban J connectivity index is 1.95. The van der Waals surface area contributed by atoms with Gasteiger partial charge < -0.3 is 0 Å². The molecular formula is C16H14N4O2S3. The number of anilines is 1. The normalized spacial score (nSPS) is 16.3. The van der Waals surface area contributed by atoms with Crippen molar-refractivity contribution >= 4 is 56.6 Å². The molecule has 1 aliphatic heterocycles. The molecule has 0 atom stereocenters. The van der Waals surface area contributed by atoms with E-state index in [1.54, 1.807) is 14.0 Å². The number of amides is 2. The van der Waals surface area contributed by atoms with Crippen molar-refractivity contribution < 1.29 is 9.59 Å². The van der Waals surface area contributed by atoms with E-state index in [1.807, 2.05) is 30.3 Å². The first-order valence-corrected chi connectivity index (χ1v) is 9.38. The largest absolute Gasteiger partial charge is 0.297 e. The van der Waals surface area contributed by atoms with Gasteiger partial charge in [-0.2, -0.15) is 0 Å². The fourth-order valence-corrected chi connectivity index (χ4v) is 4.04. The Labute approximate surface area is 158 Å². The van der Waals surface area contributed by atoms with Gasteiger partial charge in [-0.1, -0.05) is 65.6 Å². The third kappa shape index (κ3) is 3.94. The molecule has 1 saturated heterocycles. The molecular weight excluding hydrogens is 376 g/mol. The van der Waals surface area contributed by atoms with Gasteiger partial charge >= 0.3 is 0 Å². The number of nitrogens with zero attached hydrogens (tertiary/aromatic N) is 3. The molecule has 0 saturated carbocycles. The summed E-state index contributed by atoms with van der Waals surface area (Å²) >= 11 is 7.61. The second kappa shape index (κ2) is 7.42. The van der Waals surface area contributed by atoms with Crippen LogP contribution in [0.1, 0.15) is 10.6 Å². The number of hydrogen-bond acceptors (Lipinski definition) is 7. The Kier molecular flexibility index (Phi) is 5.26. The Bertz CT molecular complexity index is 877. The van der Waals surface area contributed by atoms with Crippen LogP contribution in [0.5, 0.6) is 0 Å². The molecule has 9 heteroatoms. The van der Waals surface area contributed by atoms with Gasteiger partial charge in [-0.05, 0) is 12.5 Å². The van der Waals surface area contributed by atoms with Crippen LogP contribution in [0.25, 0.3) is 0 Å². The summed E-state index contributed by atoms with van der Waals surface area (Å²) < 4.78 is 0.435. The SMILES string of the molecule is Cc1nnc(NC(=O)/C(Cc2ccccc2)=C2/SC(=S)N(C)C2=O)s1. The molecule has 1 aromatic carbocycles. The molecule has 2 heterocycles. The lowest BCUT2D eigenvalue weighted by Gasteiger charge is -2.10. The van der Waals surface area contributed by atoms with Crippen LogP contribution in [0.4, 0.5) is 5.13 Å². The molecule has 25 heavy (non-hydrogen) atoms. The van der Waals surface area contributed by atoms with Crippen LogP contribution in [-0.2, 0) is 16.0 Å². The first kappa shape index (κ1) is 17.7. The van der Waals surface area contributed by atoms with Gasteiger partial charge in [0.15, 0.2) is 0 Å². The van der Waals surface area contributed by atoms with E-state index >= 15 is 0 Å². The van der Waals surface area contributed by atoms with Crippen LogP contribution in [0.3, 0.4) is 0 Å². The molecule has 0 radical (unpaired) electrons. The number of hydrogen-bond donors (Lipinski definition) is 1. The average molecular weight is 391 g/mol. The molecule has 0 aliphatic carbocycles. The van der Waals surface area contributed by atoms with E-state index in [-0.39, 0.29) is 11.8 Å². The van der Waals surface area contributed by atoms with Gasteiger partial charge in [0.05, 0.1) is 4.91 Å². The zero-order valence-corrected chi connectivity index (χ0v) is 15.9. The van der Waals surface area contributed by atoms with Gasteiger partial charge in [-0.3, -0.25) is 19.8 Å². The molecule has 6 nitrogen and oxygen atoms in total. The summed E-state index contributed by atoms with van der Waals surface area (Å²) in [5.74, 6) is -0.626. The molecule has 2 amide bonds. The second-order valence-electron chi connectivity index (χ2n) is 5.28. The number of thioether (sulfide) groups is 1. The van der Waals surface area contributed by atoms with E-state index in [0.29, 0.717) is 26.4 Å². The number of aromatic nitrogens is 2. The molecule has 0 spiro atoms. The van der Waals surface area contributed by atoms with Gasteiger partial charge in [-0.15, -0.1) is 10.2 Å². The molecule has 1 fully saturated rings. The third-order valence-electron chi connectivity index (χ3n) is 3.48. The molecule has 128 valence electrons. The van der Waals surface area contributed by atoms with Crippen molar-refractivity contribution in [2.24, 2.45) is 0 Å². The number of benzene rings is 1. The van der Waals surface area contributed by atoms with E-state index in [4.69, 9.17) is 12.2 Å². The average Bonchev–Trinajstić information content (AvgIpc) is 3.11. The molecule has 2 aromatic rings. The zero-order valence-electron chi connectivity index (χ0n) is 13.5. The molecule has 1 aromatic heterocycles. The van der Waals surface area contributed by atoms with Crippen LogP contribution >= 0.6 is 35.3 Å². The minimum Gasteiger partial charge on any atom is -0.297 e. The van der Waals surface area contributed by atoms with E-state index in [0.717, 1.165) is 22.3 Å². The molecule has 0 unspecified atom stereocenters. The first-order valence-electron chi connectivity index (χ1n) is 7.34. The van der Waals surface area contributed by atoms with E-state index in [9.17, 15) is 9.59 Å². The Morgan fingerprint density at radius 2 is 2.00 bits per heavy atom. The molecule has 1 aliphatic rings. The lowest BCUT2D eigenvalue weighted by molar-refractivity contribution is -0.122. The third-order valence-corrected chi connectivity index (χ3v) is 5.83. The standard InChI is InChI=1S/C16H14N4O2S3/c1-9-18-19-15(24-9)17-13(21)11(8-10-6-4-3-5-7-10)12-14(22)20(2)16(23)25-12/h3-7H,8H2,1-2H3,(H,17,19,21)/b12-11+. The maximum atomic E-state index is 12.8. The van der Waals surface area contributed by atoms with Gasteiger partial charge in [0.2, 0.25) is 5.13 Å². The zero-order chi connectivity index (χ0) is 18.0. The summed E-state index contributed by atoms with van der Waals surface area (Å²) in [4.78, 5) is 27.0. The fourth-order valence-electron chi connectivity index (χ4n) is 2.21. The highest BCUT2D eigenvalue weighted by Crippen LogP contribution is 2.34. The number of rotatable bonds is 4. The maximum Gasteiger partial charge on any atom is 0.266 e. The van der Waals surface area contributed by atoms with Crippen LogP contribution in [0, 0.1) is 6.92 Å². The topological polar surface area (TPSA) is 75.2 Å². The second-order valence-corrected chi connectivity index (χ2v) is 8.11. The molecule has 1 N–H and O–H groups in total. The summed E-state index contributed by atoms with van der Waals surface area (Å²) in [5, 5.41) is 11.7. The fraction of sp³-hybridized carbons (Fsp3) is 0.188. The summed E-state index contributed by atoms with van der Waals surface area (Å²) in [6, 6.07) is 9.51. The van der Waals surface area contributed by atoms with Crippen molar-refractivity contribution in [3.63, 3.8) is 0 Å². The molecule has 3 rings (SSSR count). The predicted molar refractivity (Wildman–Crippen MR) is 103 cm³/mol. The smallest absolute Gasteiger partial charge is 0.266 e. The van der Waals surface area contributed by atoms with E-state index < -0.39 is 0 Å². The number of aryl methyl sites for hydroxylation is 1. The van der Waals surface area contributed by atoms with Crippen molar-refractivity contribution in [1.82, 2.24) is 15.1 Å². The highest BCUT2D eigenvalue weighted by Gasteiger charge is 2.33. The van der Waals surface area contributed by atoms with Gasteiger partial charge in [0, 0.05) is 19.0 Å². The Morgan fingerprint density at radius 3 is 2.56 bits per heavy atom. The Morgan fingerprint density at radius 1 is 1.28 bits per heavy atom. The summed E-state index contributed by atoms with van der Waals surface area (Å²) in [6.45, 7) is 1.81. The van der Waals surface area contributed by atoms with Crippen LogP contribution in [-0.4, -0.2) is 38.3 Å². The van der Waals surface area contributed by atoms with Gasteiger partial charge in [-0.25, -0.2) is 0 Å². The maximum absolute atomic E-state index is 12.8. The summed E-state index contributed by atoms with van der Waals surface area (Å²) in [6.07, 6.45) is 0.328. The van der Waals surface area contributed by atoms with E-state index in [1.165, 1.54) is 16.2 Å². The van der Waals surface area contributed by atoms with Crippen molar-refractivity contribution in [2.45, 2.75) is 13.3 Å². The highest BCUT2D eigenvalue weighted by atomic mass is 32.2.